The second-order valence-corrected chi connectivity index (χ2v) is 12.3. The third-order valence-electron chi connectivity index (χ3n) is 7.49. The van der Waals surface area contributed by atoms with Crippen LogP contribution in [0, 0.1) is 5.92 Å². The number of halogens is 3. The van der Waals surface area contributed by atoms with Crippen molar-refractivity contribution in [3.8, 4) is 0 Å². The molecular formula is C26H32F3N5O2S. The Hall–Kier alpha value is -2.66. The topological polar surface area (TPSA) is 63.5 Å². The molecule has 0 aliphatic carbocycles. The molecule has 5 rings (SSSR count). The van der Waals surface area contributed by atoms with Crippen LogP contribution < -0.4 is 4.90 Å². The fraction of sp³-hybridized carbons (Fsp3) is 0.577. The van der Waals surface area contributed by atoms with E-state index in [1.807, 2.05) is 32.9 Å². The minimum Gasteiger partial charge on any atom is -0.443 e. The molecule has 7 nitrogen and oxygen atoms in total. The summed E-state index contributed by atoms with van der Waals surface area (Å²) in [5.41, 5.74) is 0.270. The van der Waals surface area contributed by atoms with Crippen molar-refractivity contribution >= 4 is 33.5 Å². The molecule has 2 aliphatic rings. The van der Waals surface area contributed by atoms with E-state index in [1.165, 1.54) is 6.33 Å². The normalized spacial score (nSPS) is 23.0. The summed E-state index contributed by atoms with van der Waals surface area (Å²) < 4.78 is 46.0. The maximum absolute atomic E-state index is 13.0. The number of likely N-dealkylation sites (tertiary alicyclic amines) is 1. The molecule has 2 aliphatic heterocycles. The number of anilines is 1. The van der Waals surface area contributed by atoms with E-state index in [2.05, 4.69) is 26.7 Å². The predicted molar refractivity (Wildman–Crippen MR) is 137 cm³/mol. The molecule has 0 unspecified atom stereocenters. The molecule has 5 heterocycles. The molecule has 3 aromatic rings. The zero-order valence-corrected chi connectivity index (χ0v) is 22.3. The van der Waals surface area contributed by atoms with Gasteiger partial charge < -0.3 is 9.64 Å². The number of fused-ring (bicyclic) bond motifs is 2. The number of nitrogens with zero attached hydrogens (tertiary/aromatic N) is 5. The summed E-state index contributed by atoms with van der Waals surface area (Å²) in [6.45, 7) is 10.9. The van der Waals surface area contributed by atoms with Gasteiger partial charge in [0, 0.05) is 41.9 Å². The highest BCUT2D eigenvalue weighted by Gasteiger charge is 2.48. The van der Waals surface area contributed by atoms with E-state index in [1.54, 1.807) is 16.8 Å². The summed E-state index contributed by atoms with van der Waals surface area (Å²) >= 11 is 1.08. The smallest absolute Gasteiger partial charge is 0.418 e. The zero-order valence-electron chi connectivity index (χ0n) is 21.5. The van der Waals surface area contributed by atoms with Crippen molar-refractivity contribution in [3.05, 3.63) is 41.3 Å². The standard InChI is InChI=1S/C26H32F3N5O2S/c1-24(2,3)36-23(35)34-9-5-6-18(34)15-33-10-7-17-14-32(11-8-25(17,33)4)21-20-12-19(13-26(27,28)29)37-22(20)31-16-30-21/h5-6,9,12,16-17H,7-8,10-11,13-15H2,1-4H3/t17-,25+/m1/s1. The van der Waals surface area contributed by atoms with Gasteiger partial charge in [-0.1, -0.05) is 0 Å². The molecule has 2 fully saturated rings. The average Bonchev–Trinajstić information content (AvgIpc) is 3.48. The number of carbonyl (C=O) groups excluding carboxylic acids is 1. The molecule has 0 amide bonds. The van der Waals surface area contributed by atoms with Crippen LogP contribution in [0.1, 0.15) is 51.1 Å². The highest BCUT2D eigenvalue weighted by Crippen LogP contribution is 2.44. The van der Waals surface area contributed by atoms with Gasteiger partial charge in [0.1, 0.15) is 22.6 Å². The minimum atomic E-state index is -4.25. The SMILES string of the molecule is CC(C)(C)OC(=O)n1cccc1CN1CC[C@@H]2CN(c3ncnc4sc(CC(F)(F)F)cc34)CC[C@@]21C. The van der Waals surface area contributed by atoms with Gasteiger partial charge in [0.15, 0.2) is 0 Å². The summed E-state index contributed by atoms with van der Waals surface area (Å²) in [7, 11) is 0. The second kappa shape index (κ2) is 9.27. The number of alkyl halides is 3. The van der Waals surface area contributed by atoms with Gasteiger partial charge in [-0.3, -0.25) is 9.47 Å². The fourth-order valence-electron chi connectivity index (χ4n) is 5.62. The summed E-state index contributed by atoms with van der Waals surface area (Å²) in [5.74, 6) is 1.08. The molecule has 0 spiro atoms. The van der Waals surface area contributed by atoms with Gasteiger partial charge in [-0.15, -0.1) is 11.3 Å². The number of hydrogen-bond donors (Lipinski definition) is 0. The lowest BCUT2D eigenvalue weighted by atomic mass is 9.80. The van der Waals surface area contributed by atoms with Crippen molar-refractivity contribution in [3.63, 3.8) is 0 Å². The summed E-state index contributed by atoms with van der Waals surface area (Å²) in [6.07, 6.45) is -0.502. The summed E-state index contributed by atoms with van der Waals surface area (Å²) in [4.78, 5) is 26.9. The lowest BCUT2D eigenvalue weighted by Crippen LogP contribution is -2.54. The van der Waals surface area contributed by atoms with E-state index in [4.69, 9.17) is 4.74 Å². The third-order valence-corrected chi connectivity index (χ3v) is 8.53. The van der Waals surface area contributed by atoms with E-state index < -0.39 is 18.2 Å². The average molecular weight is 536 g/mol. The van der Waals surface area contributed by atoms with Crippen LogP contribution in [-0.4, -0.2) is 62.5 Å². The largest absolute Gasteiger partial charge is 0.443 e. The molecule has 0 aromatic carbocycles. The number of rotatable bonds is 4. The van der Waals surface area contributed by atoms with Crippen molar-refractivity contribution in [1.82, 2.24) is 19.4 Å². The Morgan fingerprint density at radius 2 is 2.03 bits per heavy atom. The predicted octanol–water partition coefficient (Wildman–Crippen LogP) is 5.87. The van der Waals surface area contributed by atoms with Gasteiger partial charge in [-0.25, -0.2) is 14.8 Å². The first kappa shape index (κ1) is 26.0. The molecule has 200 valence electrons. The summed E-state index contributed by atoms with van der Waals surface area (Å²) in [6, 6.07) is 5.43. The number of ether oxygens (including phenoxy) is 1. The minimum absolute atomic E-state index is 0.0538. The highest BCUT2D eigenvalue weighted by molar-refractivity contribution is 7.18. The van der Waals surface area contributed by atoms with Crippen LogP contribution in [0.2, 0.25) is 0 Å². The van der Waals surface area contributed by atoms with Gasteiger partial charge in [0.2, 0.25) is 0 Å². The van der Waals surface area contributed by atoms with Crippen molar-refractivity contribution in [2.24, 2.45) is 5.92 Å². The van der Waals surface area contributed by atoms with E-state index in [-0.39, 0.29) is 16.5 Å². The van der Waals surface area contributed by atoms with Gasteiger partial charge in [0.05, 0.1) is 11.8 Å². The first-order valence-electron chi connectivity index (χ1n) is 12.5. The van der Waals surface area contributed by atoms with Crippen LogP contribution in [0.15, 0.2) is 30.7 Å². The van der Waals surface area contributed by atoms with Crippen LogP contribution in [0.3, 0.4) is 0 Å². The fourth-order valence-corrected chi connectivity index (χ4v) is 6.64. The number of thiophene rings is 1. The maximum atomic E-state index is 13.0. The van der Waals surface area contributed by atoms with Crippen molar-refractivity contribution in [1.29, 1.82) is 0 Å². The van der Waals surface area contributed by atoms with Crippen molar-refractivity contribution in [2.75, 3.05) is 24.5 Å². The molecule has 0 radical (unpaired) electrons. The van der Waals surface area contributed by atoms with Gasteiger partial charge >= 0.3 is 12.3 Å². The van der Waals surface area contributed by atoms with Crippen LogP contribution in [0.4, 0.5) is 23.8 Å². The second-order valence-electron chi connectivity index (χ2n) is 11.2. The molecule has 37 heavy (non-hydrogen) atoms. The molecule has 0 bridgehead atoms. The Kier molecular flexibility index (Phi) is 6.50. The van der Waals surface area contributed by atoms with Crippen LogP contribution in [0.25, 0.3) is 10.2 Å². The maximum Gasteiger partial charge on any atom is 0.418 e. The Morgan fingerprint density at radius 3 is 2.76 bits per heavy atom. The Morgan fingerprint density at radius 1 is 1.24 bits per heavy atom. The molecule has 2 atom stereocenters. The van der Waals surface area contributed by atoms with Gasteiger partial charge in [-0.2, -0.15) is 13.2 Å². The van der Waals surface area contributed by atoms with Crippen LogP contribution in [-0.2, 0) is 17.7 Å². The highest BCUT2D eigenvalue weighted by atomic mass is 32.1. The number of hydrogen-bond acceptors (Lipinski definition) is 7. The number of aromatic nitrogens is 3. The zero-order chi connectivity index (χ0) is 26.6. The molecule has 2 saturated heterocycles. The van der Waals surface area contributed by atoms with Gasteiger partial charge in [-0.05, 0) is 71.2 Å². The number of piperidine rings is 1. The molecular weight excluding hydrogens is 503 g/mol. The number of carbonyl (C=O) groups is 1. The molecule has 0 N–H and O–H groups in total. The monoisotopic (exact) mass is 535 g/mol. The van der Waals surface area contributed by atoms with E-state index in [0.29, 0.717) is 28.5 Å². The molecule has 3 aromatic heterocycles. The van der Waals surface area contributed by atoms with Crippen LogP contribution in [0.5, 0.6) is 0 Å². The van der Waals surface area contributed by atoms with E-state index >= 15 is 0 Å². The van der Waals surface area contributed by atoms with E-state index in [9.17, 15) is 18.0 Å². The van der Waals surface area contributed by atoms with E-state index in [0.717, 1.165) is 49.5 Å². The molecule has 0 saturated carbocycles. The Balaban J connectivity index is 1.31. The lowest BCUT2D eigenvalue weighted by molar-refractivity contribution is -0.126. The first-order valence-corrected chi connectivity index (χ1v) is 13.3. The summed E-state index contributed by atoms with van der Waals surface area (Å²) in [5, 5.41) is 0.695. The van der Waals surface area contributed by atoms with Gasteiger partial charge in [0.25, 0.3) is 0 Å². The first-order chi connectivity index (χ1) is 17.3. The van der Waals surface area contributed by atoms with Crippen molar-refractivity contribution < 1.29 is 22.7 Å². The molecule has 11 heteroatoms. The Labute approximate surface area is 218 Å². The lowest BCUT2D eigenvalue weighted by Gasteiger charge is -2.46. The third kappa shape index (κ3) is 5.34. The Bertz CT molecular complexity index is 1300. The quantitative estimate of drug-likeness (QED) is 0.416. The van der Waals surface area contributed by atoms with Crippen molar-refractivity contribution in [2.45, 2.75) is 70.8 Å². The van der Waals surface area contributed by atoms with Crippen LogP contribution >= 0.6 is 11.3 Å².